The lowest BCUT2D eigenvalue weighted by atomic mass is 9.82. The van der Waals surface area contributed by atoms with Crippen LogP contribution in [0.15, 0.2) is 18.3 Å². The normalized spacial score (nSPS) is 25.2. The quantitative estimate of drug-likeness (QED) is 0.866. The Morgan fingerprint density at radius 3 is 2.89 bits per heavy atom. The van der Waals surface area contributed by atoms with Crippen LogP contribution in [0.4, 0.5) is 4.39 Å². The zero-order chi connectivity index (χ0) is 13.7. The molecule has 3 unspecified atom stereocenters. The molecule has 1 heterocycles. The van der Waals surface area contributed by atoms with Crippen molar-refractivity contribution < 1.29 is 4.39 Å². The van der Waals surface area contributed by atoms with Crippen LogP contribution in [0.2, 0.25) is 0 Å². The van der Waals surface area contributed by atoms with Crippen molar-refractivity contribution in [2.75, 3.05) is 6.54 Å². The van der Waals surface area contributed by atoms with E-state index in [-0.39, 0.29) is 11.9 Å². The Bertz CT molecular complexity index is 377. The first-order valence-corrected chi connectivity index (χ1v) is 7.53. The molecule has 0 spiro atoms. The third kappa shape index (κ3) is 4.27. The number of hydrogen-bond donors (Lipinski definition) is 1. The molecule has 0 bridgehead atoms. The monoisotopic (exact) mass is 264 g/mol. The molecule has 1 fully saturated rings. The van der Waals surface area contributed by atoms with Crippen molar-refractivity contribution in [2.24, 2.45) is 11.8 Å². The van der Waals surface area contributed by atoms with Gasteiger partial charge in [-0.05, 0) is 49.8 Å². The van der Waals surface area contributed by atoms with Crippen LogP contribution in [0.3, 0.4) is 0 Å². The molecule has 106 valence electrons. The largest absolute Gasteiger partial charge is 0.308 e. The van der Waals surface area contributed by atoms with Crippen molar-refractivity contribution in [3.8, 4) is 0 Å². The average Bonchev–Trinajstić information content (AvgIpc) is 2.41. The minimum absolute atomic E-state index is 0.248. The minimum atomic E-state index is -0.264. The molecule has 0 amide bonds. The number of halogens is 1. The van der Waals surface area contributed by atoms with E-state index < -0.39 is 0 Å². The maximum Gasteiger partial charge on any atom is 0.141 e. The lowest BCUT2D eigenvalue weighted by Gasteiger charge is -2.28. The first-order chi connectivity index (χ1) is 9.19. The number of nitrogens with zero attached hydrogens (tertiary/aromatic N) is 1. The maximum atomic E-state index is 12.9. The summed E-state index contributed by atoms with van der Waals surface area (Å²) in [7, 11) is 0. The van der Waals surface area contributed by atoms with E-state index >= 15 is 0 Å². The molecule has 19 heavy (non-hydrogen) atoms. The molecular weight excluding hydrogens is 239 g/mol. The van der Waals surface area contributed by atoms with Gasteiger partial charge in [-0.25, -0.2) is 4.39 Å². The van der Waals surface area contributed by atoms with Crippen LogP contribution in [-0.4, -0.2) is 11.5 Å². The third-order valence-electron chi connectivity index (χ3n) is 4.21. The van der Waals surface area contributed by atoms with Gasteiger partial charge in [0.1, 0.15) is 5.82 Å². The second-order valence-electron chi connectivity index (χ2n) is 5.91. The van der Waals surface area contributed by atoms with E-state index in [2.05, 4.69) is 24.1 Å². The summed E-state index contributed by atoms with van der Waals surface area (Å²) in [5, 5.41) is 3.61. The second kappa shape index (κ2) is 6.99. The van der Waals surface area contributed by atoms with Gasteiger partial charge in [-0.15, -0.1) is 0 Å². The molecule has 1 N–H and O–H groups in total. The van der Waals surface area contributed by atoms with E-state index in [9.17, 15) is 4.39 Å². The molecule has 1 aromatic rings. The molecule has 0 radical (unpaired) electrons. The topological polar surface area (TPSA) is 24.9 Å². The van der Waals surface area contributed by atoms with Crippen molar-refractivity contribution in [3.05, 3.63) is 29.8 Å². The van der Waals surface area contributed by atoms with Crippen LogP contribution < -0.4 is 5.32 Å². The summed E-state index contributed by atoms with van der Waals surface area (Å²) < 4.78 is 12.9. The Hall–Kier alpha value is -0.960. The van der Waals surface area contributed by atoms with Crippen LogP contribution in [0, 0.1) is 17.7 Å². The van der Waals surface area contributed by atoms with Crippen LogP contribution in [0.1, 0.15) is 57.7 Å². The van der Waals surface area contributed by atoms with Gasteiger partial charge in [-0.3, -0.25) is 4.98 Å². The van der Waals surface area contributed by atoms with E-state index in [1.165, 1.54) is 37.9 Å². The highest BCUT2D eigenvalue weighted by Crippen LogP contribution is 2.28. The SMILES string of the molecule is CCC(NCC1CCCC(C)C1)c1ccc(F)cn1. The zero-order valence-corrected chi connectivity index (χ0v) is 12.0. The van der Waals surface area contributed by atoms with Crippen LogP contribution in [-0.2, 0) is 0 Å². The van der Waals surface area contributed by atoms with Crippen LogP contribution >= 0.6 is 0 Å². The van der Waals surface area contributed by atoms with Gasteiger partial charge < -0.3 is 5.32 Å². The Balaban J connectivity index is 1.87. The highest BCUT2D eigenvalue weighted by molar-refractivity contribution is 5.09. The Kier molecular flexibility index (Phi) is 5.32. The molecule has 3 atom stereocenters. The number of rotatable bonds is 5. The first-order valence-electron chi connectivity index (χ1n) is 7.53. The summed E-state index contributed by atoms with van der Waals surface area (Å²) in [6, 6.07) is 3.54. The van der Waals surface area contributed by atoms with Crippen LogP contribution in [0.25, 0.3) is 0 Å². The lowest BCUT2D eigenvalue weighted by Crippen LogP contribution is -2.30. The highest BCUT2D eigenvalue weighted by Gasteiger charge is 2.20. The van der Waals surface area contributed by atoms with E-state index in [1.807, 2.05) is 0 Å². The van der Waals surface area contributed by atoms with Gasteiger partial charge in [-0.2, -0.15) is 0 Å². The van der Waals surface area contributed by atoms with Gasteiger partial charge >= 0.3 is 0 Å². The van der Waals surface area contributed by atoms with Gasteiger partial charge in [0.05, 0.1) is 11.9 Å². The van der Waals surface area contributed by atoms with Crippen molar-refractivity contribution >= 4 is 0 Å². The van der Waals surface area contributed by atoms with E-state index in [1.54, 1.807) is 6.07 Å². The summed E-state index contributed by atoms with van der Waals surface area (Å²) in [6.45, 7) is 5.55. The molecule has 0 saturated heterocycles. The molecular formula is C16H25FN2. The minimum Gasteiger partial charge on any atom is -0.308 e. The van der Waals surface area contributed by atoms with Crippen LogP contribution in [0.5, 0.6) is 0 Å². The summed E-state index contributed by atoms with van der Waals surface area (Å²) >= 11 is 0. The highest BCUT2D eigenvalue weighted by atomic mass is 19.1. The predicted octanol–water partition coefficient (Wildman–Crippen LogP) is 4.09. The molecule has 2 rings (SSSR count). The van der Waals surface area contributed by atoms with Crippen molar-refractivity contribution in [1.82, 2.24) is 10.3 Å². The second-order valence-corrected chi connectivity index (χ2v) is 5.91. The van der Waals surface area contributed by atoms with Gasteiger partial charge in [-0.1, -0.05) is 26.7 Å². The molecule has 3 heteroatoms. The van der Waals surface area contributed by atoms with Crippen molar-refractivity contribution in [1.29, 1.82) is 0 Å². The number of hydrogen-bond acceptors (Lipinski definition) is 2. The predicted molar refractivity (Wildman–Crippen MR) is 76.4 cm³/mol. The number of nitrogens with one attached hydrogen (secondary N) is 1. The molecule has 1 aliphatic carbocycles. The molecule has 2 nitrogen and oxygen atoms in total. The van der Waals surface area contributed by atoms with Gasteiger partial charge in [0.15, 0.2) is 0 Å². The standard InChI is InChI=1S/C16H25FN2/c1-3-15(16-8-7-14(17)11-19-16)18-10-13-6-4-5-12(2)9-13/h7-8,11-13,15,18H,3-6,9-10H2,1-2H3. The smallest absolute Gasteiger partial charge is 0.141 e. The molecule has 1 saturated carbocycles. The Labute approximate surface area is 115 Å². The van der Waals surface area contributed by atoms with E-state index in [0.29, 0.717) is 0 Å². The Morgan fingerprint density at radius 2 is 2.26 bits per heavy atom. The molecule has 0 aromatic carbocycles. The maximum absolute atomic E-state index is 12.9. The van der Waals surface area contributed by atoms with E-state index in [4.69, 9.17) is 0 Å². The molecule has 0 aliphatic heterocycles. The van der Waals surface area contributed by atoms with E-state index in [0.717, 1.165) is 30.5 Å². The zero-order valence-electron chi connectivity index (χ0n) is 12.0. The molecule has 1 aromatic heterocycles. The summed E-state index contributed by atoms with van der Waals surface area (Å²) in [5.41, 5.74) is 0.952. The number of pyridine rings is 1. The summed E-state index contributed by atoms with van der Waals surface area (Å²) in [6.07, 6.45) is 7.71. The fourth-order valence-corrected chi connectivity index (χ4v) is 3.11. The fourth-order valence-electron chi connectivity index (χ4n) is 3.11. The van der Waals surface area contributed by atoms with Crippen molar-refractivity contribution in [2.45, 2.75) is 52.0 Å². The third-order valence-corrected chi connectivity index (χ3v) is 4.21. The average molecular weight is 264 g/mol. The van der Waals surface area contributed by atoms with Gasteiger partial charge in [0, 0.05) is 6.04 Å². The van der Waals surface area contributed by atoms with Gasteiger partial charge in [0.25, 0.3) is 0 Å². The summed E-state index contributed by atoms with van der Waals surface area (Å²) in [5.74, 6) is 1.39. The fraction of sp³-hybridized carbons (Fsp3) is 0.688. The summed E-state index contributed by atoms with van der Waals surface area (Å²) in [4.78, 5) is 4.19. The molecule has 1 aliphatic rings. The van der Waals surface area contributed by atoms with Gasteiger partial charge in [0.2, 0.25) is 0 Å². The Morgan fingerprint density at radius 1 is 1.42 bits per heavy atom. The van der Waals surface area contributed by atoms with Crippen molar-refractivity contribution in [3.63, 3.8) is 0 Å². The lowest BCUT2D eigenvalue weighted by molar-refractivity contribution is 0.265. The number of aromatic nitrogens is 1. The first kappa shape index (κ1) is 14.4.